The minimum Gasteiger partial charge on any atom is -0.481 e. The molecule has 0 aliphatic heterocycles. The van der Waals surface area contributed by atoms with Crippen molar-refractivity contribution >= 4 is 35.0 Å². The van der Waals surface area contributed by atoms with Crippen LogP contribution in [-0.2, 0) is 4.79 Å². The van der Waals surface area contributed by atoms with Crippen LogP contribution in [0.25, 0.3) is 0 Å². The van der Waals surface area contributed by atoms with E-state index in [1.54, 1.807) is 0 Å². The lowest BCUT2D eigenvalue weighted by Gasteiger charge is -2.06. The fraction of sp³-hybridized carbons (Fsp3) is 0.400. The van der Waals surface area contributed by atoms with Crippen LogP contribution in [0.3, 0.4) is 0 Å². The van der Waals surface area contributed by atoms with E-state index >= 15 is 0 Å². The summed E-state index contributed by atoms with van der Waals surface area (Å²) in [6.07, 6.45) is 0. The molecule has 0 radical (unpaired) electrons. The number of nitrogens with one attached hydrogen (secondary N) is 1. The number of carbonyl (C=O) groups excluding carboxylic acids is 1. The first-order chi connectivity index (χ1) is 9.00. The van der Waals surface area contributed by atoms with Crippen LogP contribution in [0.2, 0.25) is 0 Å². The van der Waals surface area contributed by atoms with E-state index in [0.717, 1.165) is 23.1 Å². The molecule has 0 aliphatic carbocycles. The summed E-state index contributed by atoms with van der Waals surface area (Å²) in [6, 6.07) is 1.30. The van der Waals surface area contributed by atoms with Crippen molar-refractivity contribution in [3.8, 4) is 5.75 Å². The Morgan fingerprint density at radius 2 is 2.26 bits per heavy atom. The van der Waals surface area contributed by atoms with Gasteiger partial charge in [-0.2, -0.15) is 8.78 Å². The summed E-state index contributed by atoms with van der Waals surface area (Å²) in [5.74, 6) is -1.22. The minimum absolute atomic E-state index is 0.0470. The lowest BCUT2D eigenvalue weighted by atomic mass is 10.4. The van der Waals surface area contributed by atoms with Crippen molar-refractivity contribution in [2.75, 3.05) is 18.1 Å². The van der Waals surface area contributed by atoms with E-state index in [-0.39, 0.29) is 22.9 Å². The van der Waals surface area contributed by atoms with Crippen LogP contribution in [0.1, 0.15) is 9.67 Å². The number of alkyl halides is 2. The highest BCUT2D eigenvalue weighted by Gasteiger charge is 2.16. The highest BCUT2D eigenvalue weighted by atomic mass is 32.2. The fourth-order valence-electron chi connectivity index (χ4n) is 1.13. The van der Waals surface area contributed by atoms with Crippen LogP contribution >= 0.6 is 23.1 Å². The standard InChI is InChI=1S/C10H11F2NO4S2/c11-10(12)17-6-1-3-19-8(6)9(16)13-2-4-18-5-7(14)15/h1,3,10H,2,4-5H2,(H,13,16)(H,14,15). The van der Waals surface area contributed by atoms with Crippen molar-refractivity contribution in [2.45, 2.75) is 6.61 Å². The maximum Gasteiger partial charge on any atom is 0.387 e. The van der Waals surface area contributed by atoms with Crippen LogP contribution < -0.4 is 10.1 Å². The fourth-order valence-corrected chi connectivity index (χ4v) is 2.43. The van der Waals surface area contributed by atoms with E-state index < -0.39 is 18.5 Å². The average molecular weight is 311 g/mol. The van der Waals surface area contributed by atoms with Gasteiger partial charge in [0.2, 0.25) is 0 Å². The number of halogens is 2. The van der Waals surface area contributed by atoms with Gasteiger partial charge in [-0.3, -0.25) is 9.59 Å². The zero-order valence-corrected chi connectivity index (χ0v) is 11.2. The molecule has 1 aromatic heterocycles. The third-order valence-electron chi connectivity index (χ3n) is 1.81. The van der Waals surface area contributed by atoms with Gasteiger partial charge in [-0.25, -0.2) is 0 Å². The molecule has 0 aromatic carbocycles. The van der Waals surface area contributed by atoms with Gasteiger partial charge in [0.15, 0.2) is 0 Å². The molecule has 0 saturated heterocycles. The molecule has 0 bridgehead atoms. The van der Waals surface area contributed by atoms with Crippen molar-refractivity contribution in [2.24, 2.45) is 0 Å². The second-order valence-corrected chi connectivity index (χ2v) is 5.22. The molecule has 1 rings (SSSR count). The van der Waals surface area contributed by atoms with Crippen LogP contribution in [0.4, 0.5) is 8.78 Å². The normalized spacial score (nSPS) is 10.5. The van der Waals surface area contributed by atoms with Crippen LogP contribution in [0.15, 0.2) is 11.4 Å². The lowest BCUT2D eigenvalue weighted by Crippen LogP contribution is -2.25. The molecule has 9 heteroatoms. The third-order valence-corrected chi connectivity index (χ3v) is 3.65. The number of rotatable bonds is 8. The summed E-state index contributed by atoms with van der Waals surface area (Å²) < 4.78 is 28.3. The molecule has 106 valence electrons. The number of aliphatic carboxylic acids is 1. The van der Waals surface area contributed by atoms with E-state index in [1.807, 2.05) is 0 Å². The molecule has 0 saturated carbocycles. The number of thioether (sulfide) groups is 1. The van der Waals surface area contributed by atoms with Gasteiger partial charge in [0.25, 0.3) is 5.91 Å². The molecule has 0 unspecified atom stereocenters. The van der Waals surface area contributed by atoms with Crippen molar-refractivity contribution in [1.29, 1.82) is 0 Å². The molecular formula is C10H11F2NO4S2. The Bertz CT molecular complexity index is 439. The first kappa shape index (κ1) is 15.7. The number of hydrogen-bond donors (Lipinski definition) is 2. The molecule has 1 amide bonds. The van der Waals surface area contributed by atoms with Crippen LogP contribution in [-0.4, -0.2) is 41.6 Å². The predicted octanol–water partition coefficient (Wildman–Crippen LogP) is 1.90. The summed E-state index contributed by atoms with van der Waals surface area (Å²) in [5.41, 5.74) is 0. The monoisotopic (exact) mass is 311 g/mol. The smallest absolute Gasteiger partial charge is 0.387 e. The first-order valence-electron chi connectivity index (χ1n) is 5.10. The Hall–Kier alpha value is -1.35. The van der Waals surface area contributed by atoms with Gasteiger partial charge in [-0.05, 0) is 11.4 Å². The number of carboxylic acids is 1. The molecule has 0 spiro atoms. The summed E-state index contributed by atoms with van der Waals surface area (Å²) in [6.45, 7) is -2.73. The quantitative estimate of drug-likeness (QED) is 0.717. The zero-order valence-electron chi connectivity index (χ0n) is 9.60. The molecule has 0 atom stereocenters. The Kier molecular flexibility index (Phi) is 6.57. The number of carboxylic acid groups (broad SMARTS) is 1. The van der Waals surface area contributed by atoms with Crippen LogP contribution in [0.5, 0.6) is 5.75 Å². The van der Waals surface area contributed by atoms with Gasteiger partial charge in [-0.1, -0.05) is 0 Å². The highest BCUT2D eigenvalue weighted by molar-refractivity contribution is 7.99. The number of amides is 1. The molecule has 19 heavy (non-hydrogen) atoms. The van der Waals surface area contributed by atoms with E-state index in [1.165, 1.54) is 11.4 Å². The van der Waals surface area contributed by atoms with E-state index in [0.29, 0.717) is 5.75 Å². The summed E-state index contributed by atoms with van der Waals surface area (Å²) in [4.78, 5) is 22.0. The first-order valence-corrected chi connectivity index (χ1v) is 7.14. The van der Waals surface area contributed by atoms with Gasteiger partial charge in [0, 0.05) is 12.3 Å². The lowest BCUT2D eigenvalue weighted by molar-refractivity contribution is -0.133. The Labute approximate surface area is 115 Å². The largest absolute Gasteiger partial charge is 0.481 e. The van der Waals surface area contributed by atoms with Gasteiger partial charge < -0.3 is 15.2 Å². The van der Waals surface area contributed by atoms with E-state index in [4.69, 9.17) is 5.11 Å². The maximum absolute atomic E-state index is 12.1. The molecule has 0 fully saturated rings. The molecule has 1 aromatic rings. The SMILES string of the molecule is O=C(O)CSCCNC(=O)c1sccc1OC(F)F. The van der Waals surface area contributed by atoms with Gasteiger partial charge in [-0.15, -0.1) is 23.1 Å². The third kappa shape index (κ3) is 5.88. The molecular weight excluding hydrogens is 300 g/mol. The summed E-state index contributed by atoms with van der Waals surface area (Å²) >= 11 is 2.15. The van der Waals surface area contributed by atoms with Gasteiger partial charge >= 0.3 is 12.6 Å². The van der Waals surface area contributed by atoms with Crippen LogP contribution in [0, 0.1) is 0 Å². The Morgan fingerprint density at radius 3 is 2.89 bits per heavy atom. The van der Waals surface area contributed by atoms with Gasteiger partial charge in [0.1, 0.15) is 10.6 Å². The number of hydrogen-bond acceptors (Lipinski definition) is 5. The highest BCUT2D eigenvalue weighted by Crippen LogP contribution is 2.26. The van der Waals surface area contributed by atoms with E-state index in [2.05, 4.69) is 10.1 Å². The van der Waals surface area contributed by atoms with Crippen molar-refractivity contribution in [3.05, 3.63) is 16.3 Å². The Balaban J connectivity index is 2.37. The minimum atomic E-state index is -2.98. The number of thiophene rings is 1. The molecule has 0 aliphatic rings. The number of ether oxygens (including phenoxy) is 1. The molecule has 1 heterocycles. The zero-order chi connectivity index (χ0) is 14.3. The molecule has 5 nitrogen and oxygen atoms in total. The average Bonchev–Trinajstić information content (AvgIpc) is 2.75. The second kappa shape index (κ2) is 7.95. The molecule has 2 N–H and O–H groups in total. The van der Waals surface area contributed by atoms with Gasteiger partial charge in [0.05, 0.1) is 5.75 Å². The maximum atomic E-state index is 12.1. The predicted molar refractivity (Wildman–Crippen MR) is 68.2 cm³/mol. The summed E-state index contributed by atoms with van der Waals surface area (Å²) in [7, 11) is 0. The van der Waals surface area contributed by atoms with Crippen molar-refractivity contribution < 1.29 is 28.2 Å². The Morgan fingerprint density at radius 1 is 1.53 bits per heavy atom. The van der Waals surface area contributed by atoms with Crippen molar-refractivity contribution in [1.82, 2.24) is 5.32 Å². The second-order valence-electron chi connectivity index (χ2n) is 3.19. The topological polar surface area (TPSA) is 75.6 Å². The van der Waals surface area contributed by atoms with Crippen molar-refractivity contribution in [3.63, 3.8) is 0 Å². The van der Waals surface area contributed by atoms with E-state index in [9.17, 15) is 18.4 Å². The number of carbonyl (C=O) groups is 2. The summed E-state index contributed by atoms with van der Waals surface area (Å²) in [5, 5.41) is 12.4.